The van der Waals surface area contributed by atoms with Crippen molar-refractivity contribution in [1.29, 1.82) is 0 Å². The van der Waals surface area contributed by atoms with Crippen molar-refractivity contribution < 1.29 is 4.79 Å². The van der Waals surface area contributed by atoms with Crippen molar-refractivity contribution in [2.45, 2.75) is 6.54 Å². The van der Waals surface area contributed by atoms with E-state index in [-0.39, 0.29) is 6.03 Å². The maximum atomic E-state index is 12.1. The highest BCUT2D eigenvalue weighted by Crippen LogP contribution is 2.22. The molecule has 0 spiro atoms. The lowest BCUT2D eigenvalue weighted by Crippen LogP contribution is -2.27. The average Bonchev–Trinajstić information content (AvgIpc) is 2.55. The molecule has 0 bridgehead atoms. The van der Waals surface area contributed by atoms with Crippen LogP contribution in [0.5, 0.6) is 0 Å². The first-order valence-corrected chi connectivity index (χ1v) is 7.18. The van der Waals surface area contributed by atoms with Gasteiger partial charge in [-0.15, -0.1) is 0 Å². The van der Waals surface area contributed by atoms with Gasteiger partial charge in [0.1, 0.15) is 0 Å². The third-order valence-electron chi connectivity index (χ3n) is 3.49. The summed E-state index contributed by atoms with van der Waals surface area (Å²) in [6.45, 7) is 1.56. The molecule has 0 saturated heterocycles. The second-order valence-corrected chi connectivity index (χ2v) is 5.06. The number of carbonyl (C=O) groups excluding carboxylic acids is 1. The van der Waals surface area contributed by atoms with E-state index in [9.17, 15) is 4.79 Å². The molecule has 6 heteroatoms. The molecule has 0 fully saturated rings. The van der Waals surface area contributed by atoms with Crippen molar-refractivity contribution in [3.63, 3.8) is 0 Å². The highest BCUT2D eigenvalue weighted by Gasteiger charge is 2.09. The van der Waals surface area contributed by atoms with Gasteiger partial charge in [-0.1, -0.05) is 6.07 Å². The fourth-order valence-corrected chi connectivity index (χ4v) is 2.39. The molecule has 2 amide bonds. The topological polar surface area (TPSA) is 77.2 Å². The number of fused-ring (bicyclic) bond motifs is 1. The summed E-state index contributed by atoms with van der Waals surface area (Å²) < 4.78 is 0. The van der Waals surface area contributed by atoms with Crippen molar-refractivity contribution in [2.24, 2.45) is 0 Å². The summed E-state index contributed by atoms with van der Waals surface area (Å²) in [6.07, 6.45) is 0. The molecule has 0 atom stereocenters. The van der Waals surface area contributed by atoms with Gasteiger partial charge in [0.15, 0.2) is 0 Å². The quantitative estimate of drug-likeness (QED) is 0.604. The van der Waals surface area contributed by atoms with Gasteiger partial charge in [0, 0.05) is 36.3 Å². The van der Waals surface area contributed by atoms with Crippen LogP contribution in [0.25, 0.3) is 0 Å². The number of nitrogens with one attached hydrogen (secondary N) is 5. The Morgan fingerprint density at radius 3 is 2.64 bits per heavy atom. The van der Waals surface area contributed by atoms with Crippen molar-refractivity contribution >= 4 is 28.8 Å². The third-order valence-corrected chi connectivity index (χ3v) is 3.49. The molecule has 0 radical (unpaired) electrons. The van der Waals surface area contributed by atoms with Gasteiger partial charge in [-0.25, -0.2) is 4.79 Å². The molecule has 6 nitrogen and oxygen atoms in total. The van der Waals surface area contributed by atoms with E-state index in [1.807, 2.05) is 49.5 Å². The molecule has 1 aliphatic rings. The normalized spacial score (nSPS) is 12.8. The lowest BCUT2D eigenvalue weighted by atomic mass is 10.1. The van der Waals surface area contributed by atoms with Gasteiger partial charge < -0.3 is 21.3 Å². The van der Waals surface area contributed by atoms with Crippen molar-refractivity contribution in [3.8, 4) is 0 Å². The first-order chi connectivity index (χ1) is 10.7. The van der Waals surface area contributed by atoms with Gasteiger partial charge in [0.05, 0.1) is 6.67 Å². The van der Waals surface area contributed by atoms with Gasteiger partial charge >= 0.3 is 6.03 Å². The largest absolute Gasteiger partial charge is 0.388 e. The Hall–Kier alpha value is -2.73. The summed E-state index contributed by atoms with van der Waals surface area (Å²) >= 11 is 0. The Kier molecular flexibility index (Phi) is 4.11. The van der Waals surface area contributed by atoms with E-state index in [0.29, 0.717) is 0 Å². The molecule has 0 aliphatic carbocycles. The summed E-state index contributed by atoms with van der Waals surface area (Å²) in [6, 6.07) is 13.1. The van der Waals surface area contributed by atoms with E-state index < -0.39 is 0 Å². The Bertz CT molecular complexity index is 686. The monoisotopic (exact) mass is 297 g/mol. The van der Waals surface area contributed by atoms with Crippen LogP contribution in [0.2, 0.25) is 0 Å². The number of rotatable bonds is 3. The van der Waals surface area contributed by atoms with Crippen LogP contribution in [-0.4, -0.2) is 19.7 Å². The first kappa shape index (κ1) is 14.2. The predicted molar refractivity (Wildman–Crippen MR) is 90.4 cm³/mol. The molecule has 0 unspecified atom stereocenters. The van der Waals surface area contributed by atoms with Gasteiger partial charge in [-0.2, -0.15) is 0 Å². The van der Waals surface area contributed by atoms with Crippen LogP contribution < -0.4 is 26.6 Å². The van der Waals surface area contributed by atoms with Crippen LogP contribution in [0.1, 0.15) is 5.56 Å². The number of hydrogen-bond acceptors (Lipinski definition) is 4. The fourth-order valence-electron chi connectivity index (χ4n) is 2.39. The first-order valence-electron chi connectivity index (χ1n) is 7.18. The van der Waals surface area contributed by atoms with Crippen LogP contribution >= 0.6 is 0 Å². The van der Waals surface area contributed by atoms with Gasteiger partial charge in [-0.3, -0.25) is 5.32 Å². The molecule has 22 heavy (non-hydrogen) atoms. The summed E-state index contributed by atoms with van der Waals surface area (Å²) in [5.74, 6) is 0. The Labute approximate surface area is 129 Å². The van der Waals surface area contributed by atoms with Gasteiger partial charge in [0.25, 0.3) is 0 Å². The summed E-state index contributed by atoms with van der Waals surface area (Å²) in [7, 11) is 1.84. The molecule has 2 aromatic carbocycles. The Balaban J connectivity index is 1.66. The number of carbonyl (C=O) groups is 1. The summed E-state index contributed by atoms with van der Waals surface area (Å²) in [5, 5.41) is 15.2. The molecule has 3 rings (SSSR count). The molecule has 0 saturated carbocycles. The summed E-state index contributed by atoms with van der Waals surface area (Å²) in [4.78, 5) is 12.1. The van der Waals surface area contributed by atoms with E-state index in [4.69, 9.17) is 0 Å². The molecule has 1 heterocycles. The highest BCUT2D eigenvalue weighted by molar-refractivity contribution is 6.00. The Morgan fingerprint density at radius 2 is 1.82 bits per heavy atom. The molecule has 1 aliphatic heterocycles. The van der Waals surface area contributed by atoms with E-state index in [2.05, 4.69) is 26.6 Å². The minimum atomic E-state index is -0.259. The van der Waals surface area contributed by atoms with E-state index in [1.54, 1.807) is 0 Å². The number of urea groups is 1. The number of hydrogen-bond donors (Lipinski definition) is 5. The maximum absolute atomic E-state index is 12.1. The van der Waals surface area contributed by atoms with Crippen LogP contribution in [0.4, 0.5) is 27.5 Å². The molecule has 5 N–H and O–H groups in total. The number of anilines is 4. The molecule has 0 aromatic heterocycles. The van der Waals surface area contributed by atoms with Crippen LogP contribution in [0.3, 0.4) is 0 Å². The predicted octanol–water partition coefficient (Wildman–Crippen LogP) is 2.84. The third kappa shape index (κ3) is 3.29. The lowest BCUT2D eigenvalue weighted by molar-refractivity contribution is 0.262. The minimum Gasteiger partial charge on any atom is -0.388 e. The van der Waals surface area contributed by atoms with Gasteiger partial charge in [0.2, 0.25) is 0 Å². The van der Waals surface area contributed by atoms with Crippen LogP contribution in [0.15, 0.2) is 42.5 Å². The minimum absolute atomic E-state index is 0.259. The van der Waals surface area contributed by atoms with Crippen molar-refractivity contribution in [3.05, 3.63) is 48.0 Å². The molecule has 2 aromatic rings. The van der Waals surface area contributed by atoms with Crippen molar-refractivity contribution in [1.82, 2.24) is 5.32 Å². The fraction of sp³-hybridized carbons (Fsp3) is 0.188. The number of amides is 2. The maximum Gasteiger partial charge on any atom is 0.323 e. The molecule has 114 valence electrons. The van der Waals surface area contributed by atoms with E-state index >= 15 is 0 Å². The Morgan fingerprint density at radius 1 is 1.05 bits per heavy atom. The van der Waals surface area contributed by atoms with Crippen molar-refractivity contribution in [2.75, 3.05) is 35.0 Å². The van der Waals surface area contributed by atoms with Crippen LogP contribution in [-0.2, 0) is 6.54 Å². The van der Waals surface area contributed by atoms with E-state index in [1.165, 1.54) is 0 Å². The van der Waals surface area contributed by atoms with E-state index in [0.717, 1.165) is 41.5 Å². The SMILES string of the molecule is CNc1cccc(NC(=O)Nc2ccc3c(c2)CNCN3)c1. The zero-order valence-electron chi connectivity index (χ0n) is 12.4. The summed E-state index contributed by atoms with van der Waals surface area (Å²) in [5.41, 5.74) is 4.70. The second kappa shape index (κ2) is 6.36. The molecular weight excluding hydrogens is 278 g/mol. The lowest BCUT2D eigenvalue weighted by Gasteiger charge is -2.20. The molecular formula is C16H19N5O. The zero-order chi connectivity index (χ0) is 15.4. The highest BCUT2D eigenvalue weighted by atomic mass is 16.2. The zero-order valence-corrected chi connectivity index (χ0v) is 12.4. The average molecular weight is 297 g/mol. The number of benzene rings is 2. The van der Waals surface area contributed by atoms with Crippen LogP contribution in [0, 0.1) is 0 Å². The standard InChI is InChI=1S/C16H19N5O/c1-17-12-3-2-4-13(8-12)20-16(22)21-14-5-6-15-11(7-14)9-18-10-19-15/h2-8,17-19H,9-10H2,1H3,(H2,20,21,22). The smallest absolute Gasteiger partial charge is 0.323 e. The van der Waals surface area contributed by atoms with Gasteiger partial charge in [-0.05, 0) is 42.0 Å². The second-order valence-electron chi connectivity index (χ2n) is 5.06.